The zero-order chi connectivity index (χ0) is 17.0. The van der Waals surface area contributed by atoms with Crippen molar-refractivity contribution in [2.24, 2.45) is 0 Å². The first-order valence-electron chi connectivity index (χ1n) is 6.31. The summed E-state index contributed by atoms with van der Waals surface area (Å²) in [6.07, 6.45) is -1.15. The molecule has 122 valence electrons. The van der Waals surface area contributed by atoms with Crippen LogP contribution < -0.4 is 10.1 Å². The molecular formula is C15H10Br2Cl3NO2. The summed E-state index contributed by atoms with van der Waals surface area (Å²) in [5.74, 6) is 0.0477. The van der Waals surface area contributed by atoms with Crippen LogP contribution in [0, 0.1) is 0 Å². The van der Waals surface area contributed by atoms with Crippen molar-refractivity contribution in [1.29, 1.82) is 0 Å². The van der Waals surface area contributed by atoms with Crippen LogP contribution in [-0.2, 0) is 0 Å². The highest BCUT2D eigenvalue weighted by atomic mass is 79.9. The lowest BCUT2D eigenvalue weighted by molar-refractivity contribution is 0.0833. The topological polar surface area (TPSA) is 38.3 Å². The Labute approximate surface area is 165 Å². The van der Waals surface area contributed by atoms with E-state index in [0.29, 0.717) is 11.3 Å². The van der Waals surface area contributed by atoms with Crippen LogP contribution in [0.2, 0.25) is 0 Å². The third-order valence-electron chi connectivity index (χ3n) is 2.73. The Bertz CT molecular complexity index is 673. The zero-order valence-electron chi connectivity index (χ0n) is 11.4. The van der Waals surface area contributed by atoms with Crippen LogP contribution in [0.3, 0.4) is 0 Å². The zero-order valence-corrected chi connectivity index (χ0v) is 16.8. The van der Waals surface area contributed by atoms with Crippen LogP contribution in [0.1, 0.15) is 10.4 Å². The van der Waals surface area contributed by atoms with E-state index in [-0.39, 0.29) is 0 Å². The molecule has 0 spiro atoms. The van der Waals surface area contributed by atoms with Crippen molar-refractivity contribution in [2.45, 2.75) is 10.0 Å². The second-order valence-corrected chi connectivity index (χ2v) is 8.67. The van der Waals surface area contributed by atoms with Gasteiger partial charge in [0, 0.05) is 14.5 Å². The molecule has 0 radical (unpaired) electrons. The number of carbonyl (C=O) groups is 1. The van der Waals surface area contributed by atoms with E-state index in [0.717, 1.165) is 8.95 Å². The van der Waals surface area contributed by atoms with Gasteiger partial charge in [-0.2, -0.15) is 0 Å². The second-order valence-electron chi connectivity index (χ2n) is 4.47. The highest BCUT2D eigenvalue weighted by molar-refractivity contribution is 9.10. The Morgan fingerprint density at radius 2 is 1.43 bits per heavy atom. The fraction of sp³-hybridized carbons (Fsp3) is 0.133. The van der Waals surface area contributed by atoms with Gasteiger partial charge in [0.2, 0.25) is 10.0 Å². The molecule has 8 heteroatoms. The third kappa shape index (κ3) is 5.84. The Morgan fingerprint density at radius 1 is 0.957 bits per heavy atom. The summed E-state index contributed by atoms with van der Waals surface area (Å²) in [6.45, 7) is 0. The first-order valence-corrected chi connectivity index (χ1v) is 9.03. The summed E-state index contributed by atoms with van der Waals surface area (Å²) in [4.78, 5) is 12.3. The molecule has 0 saturated carbocycles. The lowest BCUT2D eigenvalue weighted by Crippen LogP contribution is -2.47. The van der Waals surface area contributed by atoms with E-state index < -0.39 is 15.9 Å². The van der Waals surface area contributed by atoms with Gasteiger partial charge in [-0.15, -0.1) is 0 Å². The number of hydrogen-bond acceptors (Lipinski definition) is 2. The molecule has 0 aromatic heterocycles. The molecule has 0 fully saturated rings. The van der Waals surface area contributed by atoms with Crippen molar-refractivity contribution in [2.75, 3.05) is 0 Å². The van der Waals surface area contributed by atoms with Gasteiger partial charge < -0.3 is 10.1 Å². The minimum absolute atomic E-state index is 0.411. The SMILES string of the molecule is O=C(N[C@H](Oc1ccc(Br)cc1)C(Cl)(Cl)Cl)c1ccc(Br)cc1. The number of benzene rings is 2. The molecule has 2 rings (SSSR count). The van der Waals surface area contributed by atoms with Crippen molar-refractivity contribution in [1.82, 2.24) is 5.32 Å². The van der Waals surface area contributed by atoms with E-state index in [4.69, 9.17) is 39.5 Å². The van der Waals surface area contributed by atoms with E-state index in [1.54, 1.807) is 48.5 Å². The lowest BCUT2D eigenvalue weighted by atomic mass is 10.2. The molecule has 0 saturated heterocycles. The maximum absolute atomic E-state index is 12.3. The molecular weight excluding hydrogens is 492 g/mol. The summed E-state index contributed by atoms with van der Waals surface area (Å²) in [7, 11) is 0. The molecule has 23 heavy (non-hydrogen) atoms. The molecule has 0 aliphatic carbocycles. The van der Waals surface area contributed by atoms with Crippen LogP contribution in [0.4, 0.5) is 0 Å². The Kier molecular flexibility index (Phi) is 6.63. The molecule has 3 nitrogen and oxygen atoms in total. The van der Waals surface area contributed by atoms with Gasteiger partial charge in [0.15, 0.2) is 0 Å². The van der Waals surface area contributed by atoms with Gasteiger partial charge in [0.1, 0.15) is 5.75 Å². The van der Waals surface area contributed by atoms with Crippen LogP contribution in [0.15, 0.2) is 57.5 Å². The molecule has 2 aromatic carbocycles. The molecule has 1 amide bonds. The smallest absolute Gasteiger partial charge is 0.254 e. The van der Waals surface area contributed by atoms with Crippen molar-refractivity contribution in [3.8, 4) is 5.75 Å². The fourth-order valence-electron chi connectivity index (χ4n) is 1.63. The number of hydrogen-bond donors (Lipinski definition) is 1. The average Bonchev–Trinajstić information content (AvgIpc) is 2.48. The first kappa shape index (κ1) is 18.9. The summed E-state index contributed by atoms with van der Waals surface area (Å²) < 4.78 is 5.50. The number of carbonyl (C=O) groups excluding carboxylic acids is 1. The van der Waals surface area contributed by atoms with E-state index in [1.165, 1.54) is 0 Å². The Balaban J connectivity index is 2.14. The maximum atomic E-state index is 12.3. The molecule has 1 N–H and O–H groups in total. The minimum Gasteiger partial charge on any atom is -0.466 e. The monoisotopic (exact) mass is 499 g/mol. The van der Waals surface area contributed by atoms with Crippen molar-refractivity contribution in [3.05, 3.63) is 63.0 Å². The maximum Gasteiger partial charge on any atom is 0.254 e. The van der Waals surface area contributed by atoms with Crippen LogP contribution in [0.25, 0.3) is 0 Å². The van der Waals surface area contributed by atoms with Crippen molar-refractivity contribution >= 4 is 72.6 Å². The minimum atomic E-state index is -1.84. The first-order chi connectivity index (χ1) is 10.8. The molecule has 0 aliphatic heterocycles. The number of halogens is 5. The molecule has 0 heterocycles. The van der Waals surface area contributed by atoms with Crippen molar-refractivity contribution < 1.29 is 9.53 Å². The van der Waals surface area contributed by atoms with Gasteiger partial charge in [0.25, 0.3) is 5.91 Å². The van der Waals surface area contributed by atoms with E-state index in [1.807, 2.05) is 0 Å². The van der Waals surface area contributed by atoms with Crippen molar-refractivity contribution in [3.63, 3.8) is 0 Å². The van der Waals surface area contributed by atoms with Crippen LogP contribution >= 0.6 is 66.7 Å². The number of nitrogens with one attached hydrogen (secondary N) is 1. The molecule has 0 bridgehead atoms. The standard InChI is InChI=1S/C15H10Br2Cl3NO2/c16-10-3-1-9(2-4-10)13(22)21-14(15(18,19)20)23-12-7-5-11(17)6-8-12/h1-8,14H,(H,21,22)/t14-/m1/s1. The summed E-state index contributed by atoms with van der Waals surface area (Å²) in [6, 6.07) is 13.7. The van der Waals surface area contributed by atoms with Gasteiger partial charge in [-0.05, 0) is 48.5 Å². The highest BCUT2D eigenvalue weighted by Gasteiger charge is 2.36. The largest absolute Gasteiger partial charge is 0.466 e. The second kappa shape index (κ2) is 8.08. The lowest BCUT2D eigenvalue weighted by Gasteiger charge is -2.26. The number of ether oxygens (including phenoxy) is 1. The highest BCUT2D eigenvalue weighted by Crippen LogP contribution is 2.32. The van der Waals surface area contributed by atoms with Gasteiger partial charge >= 0.3 is 0 Å². The summed E-state index contributed by atoms with van der Waals surface area (Å²) >= 11 is 24.4. The number of alkyl halides is 3. The Hall–Kier alpha value is -0.460. The number of rotatable bonds is 4. The molecule has 2 aromatic rings. The van der Waals surface area contributed by atoms with E-state index >= 15 is 0 Å². The third-order valence-corrected chi connectivity index (χ3v) is 4.39. The number of amides is 1. The van der Waals surface area contributed by atoms with E-state index in [9.17, 15) is 4.79 Å². The molecule has 1 atom stereocenters. The van der Waals surface area contributed by atoms with Gasteiger partial charge in [0.05, 0.1) is 0 Å². The normalized spacial score (nSPS) is 12.6. The average molecular weight is 502 g/mol. The van der Waals surface area contributed by atoms with Crippen LogP contribution in [-0.4, -0.2) is 15.9 Å². The summed E-state index contributed by atoms with van der Waals surface area (Å²) in [5.41, 5.74) is 0.423. The van der Waals surface area contributed by atoms with Gasteiger partial charge in [-0.3, -0.25) is 4.79 Å². The predicted octanol–water partition coefficient (Wildman–Crippen LogP) is 5.72. The molecule has 0 aliphatic rings. The fourth-order valence-corrected chi connectivity index (χ4v) is 2.46. The quantitative estimate of drug-likeness (QED) is 0.429. The van der Waals surface area contributed by atoms with Gasteiger partial charge in [-0.1, -0.05) is 66.7 Å². The Morgan fingerprint density at radius 3 is 1.91 bits per heavy atom. The van der Waals surface area contributed by atoms with Gasteiger partial charge in [-0.25, -0.2) is 0 Å². The summed E-state index contributed by atoms with van der Waals surface area (Å²) in [5, 5.41) is 2.57. The molecule has 0 unspecified atom stereocenters. The van der Waals surface area contributed by atoms with E-state index in [2.05, 4.69) is 37.2 Å². The predicted molar refractivity (Wildman–Crippen MR) is 100 cm³/mol. The van der Waals surface area contributed by atoms with Crippen LogP contribution in [0.5, 0.6) is 5.75 Å².